The van der Waals surface area contributed by atoms with Crippen molar-refractivity contribution in [1.82, 2.24) is 15.2 Å². The molecule has 1 fully saturated rings. The molecule has 112 valence electrons. The van der Waals surface area contributed by atoms with Crippen molar-refractivity contribution in [2.45, 2.75) is 6.54 Å². The number of thiocarbonyl (C=S) groups is 1. The van der Waals surface area contributed by atoms with Crippen molar-refractivity contribution in [2.24, 2.45) is 0 Å². The Morgan fingerprint density at radius 3 is 2.82 bits per heavy atom. The van der Waals surface area contributed by atoms with E-state index in [1.165, 1.54) is 7.11 Å². The van der Waals surface area contributed by atoms with Crippen LogP contribution in [0.3, 0.4) is 0 Å². The minimum Gasteiger partial charge on any atom is -0.468 e. The molecule has 0 unspecified atom stereocenters. The fraction of sp³-hybridized carbons (Fsp3) is 0.133. The van der Waals surface area contributed by atoms with Gasteiger partial charge in [0.15, 0.2) is 5.11 Å². The average molecular weight is 315 g/mol. The summed E-state index contributed by atoms with van der Waals surface area (Å²) in [5, 5.41) is 6.55. The molecule has 0 radical (unpaired) electrons. The first-order valence-corrected chi connectivity index (χ1v) is 6.98. The normalized spacial score (nSPS) is 16.0. The maximum atomic E-state index is 11.7. The topological polar surface area (TPSA) is 72.4 Å². The molecule has 1 aliphatic heterocycles. The maximum Gasteiger partial charge on any atom is 0.325 e. The van der Waals surface area contributed by atoms with Crippen LogP contribution in [0, 0.1) is 0 Å². The Morgan fingerprint density at radius 2 is 2.14 bits per heavy atom. The van der Waals surface area contributed by atoms with E-state index >= 15 is 0 Å². The van der Waals surface area contributed by atoms with E-state index in [-0.39, 0.29) is 23.5 Å². The van der Waals surface area contributed by atoms with Gasteiger partial charge in [0.1, 0.15) is 12.2 Å². The van der Waals surface area contributed by atoms with Crippen molar-refractivity contribution in [3.05, 3.63) is 41.7 Å². The van der Waals surface area contributed by atoms with Gasteiger partial charge in [-0.1, -0.05) is 18.2 Å². The average Bonchev–Trinajstić information content (AvgIpc) is 3.00. The molecule has 0 bridgehead atoms. The van der Waals surface area contributed by atoms with Gasteiger partial charge in [0.25, 0.3) is 5.91 Å². The van der Waals surface area contributed by atoms with Crippen molar-refractivity contribution in [1.29, 1.82) is 0 Å². The lowest BCUT2D eigenvalue weighted by Gasteiger charge is -2.02. The number of hydrogen-bond donors (Lipinski definition) is 2. The van der Waals surface area contributed by atoms with E-state index in [0.717, 1.165) is 16.5 Å². The molecule has 0 saturated carbocycles. The highest BCUT2D eigenvalue weighted by atomic mass is 32.1. The van der Waals surface area contributed by atoms with Crippen LogP contribution in [0.5, 0.6) is 0 Å². The van der Waals surface area contributed by atoms with Crippen LogP contribution in [-0.2, 0) is 20.9 Å². The molecular weight excluding hydrogens is 302 g/mol. The van der Waals surface area contributed by atoms with E-state index in [1.807, 2.05) is 30.5 Å². The molecule has 6 nitrogen and oxygen atoms in total. The molecule has 1 amide bonds. The lowest BCUT2D eigenvalue weighted by atomic mass is 10.1. The molecule has 1 aromatic carbocycles. The molecule has 22 heavy (non-hydrogen) atoms. The smallest absolute Gasteiger partial charge is 0.325 e. The monoisotopic (exact) mass is 315 g/mol. The molecular formula is C15H13N3O3S. The van der Waals surface area contributed by atoms with Crippen molar-refractivity contribution in [2.75, 3.05) is 7.11 Å². The number of amides is 1. The number of aromatic nitrogens is 1. The van der Waals surface area contributed by atoms with Gasteiger partial charge in [0.2, 0.25) is 0 Å². The lowest BCUT2D eigenvalue weighted by Crippen LogP contribution is -2.21. The van der Waals surface area contributed by atoms with Gasteiger partial charge in [0.05, 0.1) is 7.11 Å². The third-order valence-electron chi connectivity index (χ3n) is 3.37. The Hall–Kier alpha value is -2.67. The number of para-hydroxylation sites is 1. The van der Waals surface area contributed by atoms with Crippen LogP contribution in [0.25, 0.3) is 17.0 Å². The van der Waals surface area contributed by atoms with Gasteiger partial charge in [-0.2, -0.15) is 0 Å². The maximum absolute atomic E-state index is 11.7. The predicted molar refractivity (Wildman–Crippen MR) is 85.8 cm³/mol. The van der Waals surface area contributed by atoms with E-state index in [4.69, 9.17) is 17.0 Å². The van der Waals surface area contributed by atoms with Gasteiger partial charge < -0.3 is 14.6 Å². The van der Waals surface area contributed by atoms with Gasteiger partial charge >= 0.3 is 5.97 Å². The molecule has 0 spiro atoms. The SMILES string of the molecule is COC(=O)Cn1cc(/C=C2/NC(=S)NC2=O)c2ccccc21. The largest absolute Gasteiger partial charge is 0.468 e. The van der Waals surface area contributed by atoms with E-state index in [0.29, 0.717) is 5.70 Å². The highest BCUT2D eigenvalue weighted by Gasteiger charge is 2.21. The first-order valence-electron chi connectivity index (χ1n) is 6.57. The Labute approximate surface area is 131 Å². The Kier molecular flexibility index (Phi) is 3.64. The number of nitrogens with one attached hydrogen (secondary N) is 2. The first kappa shape index (κ1) is 14.3. The molecule has 0 atom stereocenters. The van der Waals surface area contributed by atoms with Crippen LogP contribution in [0.4, 0.5) is 0 Å². The first-order chi connectivity index (χ1) is 10.6. The fourth-order valence-electron chi connectivity index (χ4n) is 2.36. The summed E-state index contributed by atoms with van der Waals surface area (Å²) >= 11 is 4.91. The van der Waals surface area contributed by atoms with Gasteiger partial charge in [-0.25, -0.2) is 0 Å². The van der Waals surface area contributed by atoms with Crippen LogP contribution in [-0.4, -0.2) is 28.7 Å². The number of nitrogens with zero attached hydrogens (tertiary/aromatic N) is 1. The summed E-state index contributed by atoms with van der Waals surface area (Å²) in [6.07, 6.45) is 3.52. The second-order valence-electron chi connectivity index (χ2n) is 4.77. The molecule has 2 aromatic rings. The number of carbonyl (C=O) groups excluding carboxylic acids is 2. The molecule has 3 rings (SSSR count). The van der Waals surface area contributed by atoms with Gasteiger partial charge in [-0.15, -0.1) is 0 Å². The number of rotatable bonds is 3. The van der Waals surface area contributed by atoms with Crippen LogP contribution < -0.4 is 10.6 Å². The molecule has 1 aliphatic rings. The zero-order chi connectivity index (χ0) is 15.7. The molecule has 2 heterocycles. The number of carbonyl (C=O) groups is 2. The number of fused-ring (bicyclic) bond motifs is 1. The predicted octanol–water partition coefficient (Wildman–Crippen LogP) is 1.16. The van der Waals surface area contributed by atoms with E-state index in [9.17, 15) is 9.59 Å². The third-order valence-corrected chi connectivity index (χ3v) is 3.57. The minimum absolute atomic E-state index is 0.109. The highest BCUT2D eigenvalue weighted by molar-refractivity contribution is 7.80. The van der Waals surface area contributed by atoms with Crippen LogP contribution in [0.2, 0.25) is 0 Å². The quantitative estimate of drug-likeness (QED) is 0.505. The fourth-order valence-corrected chi connectivity index (χ4v) is 2.57. The summed E-state index contributed by atoms with van der Waals surface area (Å²) < 4.78 is 6.50. The Bertz CT molecular complexity index is 823. The summed E-state index contributed by atoms with van der Waals surface area (Å²) in [5.74, 6) is -0.604. The molecule has 1 aromatic heterocycles. The van der Waals surface area contributed by atoms with Crippen LogP contribution in [0.15, 0.2) is 36.2 Å². The Balaban J connectivity index is 2.07. The number of hydrogen-bond acceptors (Lipinski definition) is 4. The third kappa shape index (κ3) is 2.58. The van der Waals surface area contributed by atoms with E-state index in [1.54, 1.807) is 10.6 Å². The lowest BCUT2D eigenvalue weighted by molar-refractivity contribution is -0.141. The van der Waals surface area contributed by atoms with Crippen molar-refractivity contribution < 1.29 is 14.3 Å². The zero-order valence-electron chi connectivity index (χ0n) is 11.8. The van der Waals surface area contributed by atoms with E-state index in [2.05, 4.69) is 10.6 Å². The number of methoxy groups -OCH3 is 1. The van der Waals surface area contributed by atoms with Crippen LogP contribution >= 0.6 is 12.2 Å². The van der Waals surface area contributed by atoms with Gasteiger partial charge in [-0.3, -0.25) is 14.9 Å². The van der Waals surface area contributed by atoms with Crippen LogP contribution in [0.1, 0.15) is 5.56 Å². The summed E-state index contributed by atoms with van der Waals surface area (Å²) in [4.78, 5) is 23.3. The van der Waals surface area contributed by atoms with Gasteiger partial charge in [0, 0.05) is 22.7 Å². The number of benzene rings is 1. The summed E-state index contributed by atoms with van der Waals surface area (Å²) in [6, 6.07) is 7.63. The second kappa shape index (κ2) is 5.61. The standard InChI is InChI=1S/C15H13N3O3S/c1-21-13(19)8-18-7-9(10-4-2-3-5-12(10)18)6-11-14(20)17-15(22)16-11/h2-7H,8H2,1H3,(H2,16,17,20,22)/b11-6+. The molecule has 2 N–H and O–H groups in total. The zero-order valence-corrected chi connectivity index (χ0v) is 12.6. The molecule has 7 heteroatoms. The van der Waals surface area contributed by atoms with E-state index < -0.39 is 0 Å². The molecule has 0 aliphatic carbocycles. The summed E-state index contributed by atoms with van der Waals surface area (Å²) in [7, 11) is 1.35. The van der Waals surface area contributed by atoms with Crippen molar-refractivity contribution in [3.8, 4) is 0 Å². The number of ether oxygens (including phenoxy) is 1. The highest BCUT2D eigenvalue weighted by Crippen LogP contribution is 2.23. The minimum atomic E-state index is -0.335. The summed E-state index contributed by atoms with van der Waals surface area (Å²) in [5.41, 5.74) is 2.09. The van der Waals surface area contributed by atoms with Crippen molar-refractivity contribution in [3.63, 3.8) is 0 Å². The Morgan fingerprint density at radius 1 is 1.36 bits per heavy atom. The van der Waals surface area contributed by atoms with Gasteiger partial charge in [-0.05, 0) is 24.4 Å². The number of esters is 1. The second-order valence-corrected chi connectivity index (χ2v) is 5.18. The van der Waals surface area contributed by atoms with Crippen molar-refractivity contribution >= 4 is 46.2 Å². The molecule has 1 saturated heterocycles. The summed E-state index contributed by atoms with van der Waals surface area (Å²) in [6.45, 7) is 0.109.